The van der Waals surface area contributed by atoms with Gasteiger partial charge in [0.1, 0.15) is 24.4 Å². The average Bonchev–Trinajstić information content (AvgIpc) is 2.21. The Hall–Kier alpha value is -0.380. The van der Waals surface area contributed by atoms with Crippen molar-refractivity contribution in [3.05, 3.63) is 0 Å². The van der Waals surface area contributed by atoms with Crippen molar-refractivity contribution in [2.75, 3.05) is 6.61 Å². The van der Waals surface area contributed by atoms with E-state index in [1.165, 1.54) is 0 Å². The van der Waals surface area contributed by atoms with Crippen LogP contribution in [-0.4, -0.2) is 67.5 Å². The van der Waals surface area contributed by atoms with Crippen molar-refractivity contribution < 1.29 is 44.1 Å². The maximum atomic E-state index is 10.2. The number of carbonyl (C=O) groups excluding carboxylic acids is 1. The number of aldehydes is 1. The Kier molecular flexibility index (Phi) is 6.23. The fourth-order valence-corrected chi connectivity index (χ4v) is 1.13. The van der Waals surface area contributed by atoms with Gasteiger partial charge in [-0.3, -0.25) is 4.52 Å². The predicted molar refractivity (Wildman–Crippen MR) is 48.1 cm³/mol. The molecule has 0 aromatic heterocycles. The summed E-state index contributed by atoms with van der Waals surface area (Å²) in [6.07, 6.45) is -7.80. The Balaban J connectivity index is 4.22. The standard InChI is InChI=1S/C6H13O9P/c7-1-3(8)5(10)6(11)4(9)2-15-16(12,13)14/h1,3-6,8-11H,2H2,(H2,12,13,14)/t3-,4+,5-,6-/m0/s1. The van der Waals surface area contributed by atoms with Gasteiger partial charge in [0, 0.05) is 0 Å². The zero-order valence-corrected chi connectivity index (χ0v) is 8.84. The predicted octanol–water partition coefficient (Wildman–Crippen LogP) is -3.26. The van der Waals surface area contributed by atoms with Crippen molar-refractivity contribution in [3.63, 3.8) is 0 Å². The molecule has 0 saturated carbocycles. The second kappa shape index (κ2) is 6.38. The molecule has 0 heterocycles. The Morgan fingerprint density at radius 2 is 1.62 bits per heavy atom. The van der Waals surface area contributed by atoms with Gasteiger partial charge in [0.25, 0.3) is 0 Å². The van der Waals surface area contributed by atoms with Crippen LogP contribution in [0.1, 0.15) is 0 Å². The number of aliphatic hydroxyl groups excluding tert-OH is 4. The summed E-state index contributed by atoms with van der Waals surface area (Å²) in [7, 11) is -4.80. The summed E-state index contributed by atoms with van der Waals surface area (Å²) in [5, 5.41) is 36.1. The van der Waals surface area contributed by atoms with E-state index < -0.39 is 38.8 Å². The SMILES string of the molecule is O=C[C@H](O)[C@H](O)[C@@H](O)[C@H](O)COP(=O)(O)O. The molecule has 4 atom stereocenters. The van der Waals surface area contributed by atoms with Gasteiger partial charge >= 0.3 is 7.82 Å². The molecule has 6 N–H and O–H groups in total. The topological polar surface area (TPSA) is 165 Å². The van der Waals surface area contributed by atoms with Crippen molar-refractivity contribution in [1.82, 2.24) is 0 Å². The van der Waals surface area contributed by atoms with Gasteiger partial charge in [-0.1, -0.05) is 0 Å². The van der Waals surface area contributed by atoms with Crippen molar-refractivity contribution in [1.29, 1.82) is 0 Å². The van der Waals surface area contributed by atoms with Gasteiger partial charge in [-0.05, 0) is 0 Å². The molecule has 0 fully saturated rings. The summed E-state index contributed by atoms with van der Waals surface area (Å²) in [4.78, 5) is 26.6. The fourth-order valence-electron chi connectivity index (χ4n) is 0.782. The third-order valence-corrected chi connectivity index (χ3v) is 2.13. The largest absolute Gasteiger partial charge is 0.469 e. The number of rotatable bonds is 7. The number of hydrogen-bond donors (Lipinski definition) is 6. The normalized spacial score (nSPS) is 19.9. The van der Waals surface area contributed by atoms with E-state index in [9.17, 15) is 9.36 Å². The van der Waals surface area contributed by atoms with Crippen LogP contribution in [-0.2, 0) is 13.9 Å². The van der Waals surface area contributed by atoms with Gasteiger partial charge in [0.05, 0.1) is 6.61 Å². The molecule has 0 amide bonds. The van der Waals surface area contributed by atoms with Crippen LogP contribution >= 0.6 is 7.82 Å². The molecule has 0 rings (SSSR count). The van der Waals surface area contributed by atoms with Crippen molar-refractivity contribution in [3.8, 4) is 0 Å². The van der Waals surface area contributed by atoms with Gasteiger partial charge in [0.15, 0.2) is 6.29 Å². The van der Waals surface area contributed by atoms with Gasteiger partial charge < -0.3 is 35.0 Å². The lowest BCUT2D eigenvalue weighted by Gasteiger charge is -2.23. The number of aliphatic hydroxyl groups is 4. The number of phosphoric ester groups is 1. The Bertz CT molecular complexity index is 263. The van der Waals surface area contributed by atoms with E-state index in [-0.39, 0.29) is 6.29 Å². The zero-order valence-electron chi connectivity index (χ0n) is 7.95. The second-order valence-corrected chi connectivity index (χ2v) is 4.20. The molecule has 0 aliphatic carbocycles. The van der Waals surface area contributed by atoms with Gasteiger partial charge in [-0.25, -0.2) is 4.57 Å². The van der Waals surface area contributed by atoms with Crippen LogP contribution in [0.3, 0.4) is 0 Å². The summed E-state index contributed by atoms with van der Waals surface area (Å²) < 4.78 is 14.1. The van der Waals surface area contributed by atoms with E-state index in [1.54, 1.807) is 0 Å². The molecule has 0 aliphatic heterocycles. The van der Waals surface area contributed by atoms with E-state index >= 15 is 0 Å². The minimum atomic E-state index is -4.80. The van der Waals surface area contributed by atoms with Crippen LogP contribution in [0.4, 0.5) is 0 Å². The lowest BCUT2D eigenvalue weighted by Crippen LogP contribution is -2.46. The molecular weight excluding hydrogens is 247 g/mol. The Morgan fingerprint density at radius 3 is 2.00 bits per heavy atom. The van der Waals surface area contributed by atoms with E-state index in [4.69, 9.17) is 30.2 Å². The number of phosphoric acid groups is 1. The first-order valence-corrected chi connectivity index (χ1v) is 5.59. The van der Waals surface area contributed by atoms with Gasteiger partial charge in [-0.15, -0.1) is 0 Å². The molecule has 96 valence electrons. The first-order chi connectivity index (χ1) is 7.19. The van der Waals surface area contributed by atoms with Crippen LogP contribution in [0.15, 0.2) is 0 Å². The van der Waals surface area contributed by atoms with Crippen LogP contribution in [0.2, 0.25) is 0 Å². The highest BCUT2D eigenvalue weighted by Crippen LogP contribution is 2.35. The molecule has 0 aromatic rings. The maximum Gasteiger partial charge on any atom is 0.469 e. The van der Waals surface area contributed by atoms with Crippen molar-refractivity contribution >= 4 is 14.1 Å². The summed E-state index contributed by atoms with van der Waals surface area (Å²) in [6, 6.07) is 0. The smallest absolute Gasteiger partial charge is 0.388 e. The van der Waals surface area contributed by atoms with E-state index in [0.717, 1.165) is 0 Å². The van der Waals surface area contributed by atoms with Crippen LogP contribution < -0.4 is 0 Å². The quantitative estimate of drug-likeness (QED) is 0.203. The first kappa shape index (κ1) is 15.6. The first-order valence-electron chi connectivity index (χ1n) is 4.06. The molecule has 0 radical (unpaired) electrons. The van der Waals surface area contributed by atoms with Crippen LogP contribution in [0.25, 0.3) is 0 Å². The Morgan fingerprint density at radius 1 is 1.12 bits per heavy atom. The Labute approximate surface area is 90.2 Å². The lowest BCUT2D eigenvalue weighted by molar-refractivity contribution is -0.136. The molecule has 0 saturated heterocycles. The average molecular weight is 260 g/mol. The monoisotopic (exact) mass is 260 g/mol. The summed E-state index contributed by atoms with van der Waals surface area (Å²) in [6.45, 7) is -0.964. The number of hydrogen-bond acceptors (Lipinski definition) is 7. The molecule has 9 nitrogen and oxygen atoms in total. The molecule has 16 heavy (non-hydrogen) atoms. The zero-order chi connectivity index (χ0) is 12.9. The highest BCUT2D eigenvalue weighted by Gasteiger charge is 2.31. The highest BCUT2D eigenvalue weighted by atomic mass is 31.2. The van der Waals surface area contributed by atoms with Crippen LogP contribution in [0.5, 0.6) is 0 Å². The van der Waals surface area contributed by atoms with Crippen LogP contribution in [0, 0.1) is 0 Å². The molecular formula is C6H13O9P. The van der Waals surface area contributed by atoms with Crippen molar-refractivity contribution in [2.24, 2.45) is 0 Å². The summed E-state index contributed by atoms with van der Waals surface area (Å²) >= 11 is 0. The molecule has 0 aromatic carbocycles. The summed E-state index contributed by atoms with van der Waals surface area (Å²) in [5.74, 6) is 0. The summed E-state index contributed by atoms with van der Waals surface area (Å²) in [5.41, 5.74) is 0. The van der Waals surface area contributed by atoms with E-state index in [1.807, 2.05) is 0 Å². The van der Waals surface area contributed by atoms with E-state index in [2.05, 4.69) is 4.52 Å². The van der Waals surface area contributed by atoms with Crippen molar-refractivity contribution in [2.45, 2.75) is 24.4 Å². The molecule has 0 bridgehead atoms. The number of carbonyl (C=O) groups is 1. The fraction of sp³-hybridized carbons (Fsp3) is 0.833. The third-order valence-electron chi connectivity index (χ3n) is 1.65. The van der Waals surface area contributed by atoms with Gasteiger partial charge in [0.2, 0.25) is 0 Å². The lowest BCUT2D eigenvalue weighted by atomic mass is 10.0. The minimum absolute atomic E-state index is 0.0650. The third kappa shape index (κ3) is 5.64. The molecule has 10 heteroatoms. The molecule has 0 spiro atoms. The maximum absolute atomic E-state index is 10.2. The minimum Gasteiger partial charge on any atom is -0.388 e. The second-order valence-electron chi connectivity index (χ2n) is 2.96. The molecule has 0 aliphatic rings. The van der Waals surface area contributed by atoms with Gasteiger partial charge in [-0.2, -0.15) is 0 Å². The van der Waals surface area contributed by atoms with E-state index in [0.29, 0.717) is 0 Å². The highest BCUT2D eigenvalue weighted by molar-refractivity contribution is 7.46. The molecule has 0 unspecified atom stereocenters.